The van der Waals surface area contributed by atoms with Crippen LogP contribution in [0.5, 0.6) is 0 Å². The molecule has 1 aliphatic heterocycles. The molecule has 0 aromatic heterocycles. The number of carbonyl (C=O) groups is 1. The van der Waals surface area contributed by atoms with Crippen LogP contribution < -0.4 is 0 Å². The van der Waals surface area contributed by atoms with E-state index in [1.54, 1.807) is 6.92 Å². The molecule has 27 heavy (non-hydrogen) atoms. The molecule has 0 bridgehead atoms. The van der Waals surface area contributed by atoms with E-state index >= 15 is 0 Å². The van der Waals surface area contributed by atoms with Gasteiger partial charge in [-0.05, 0) is 50.2 Å². The maximum atomic E-state index is 14.2. The lowest BCUT2D eigenvalue weighted by Gasteiger charge is -2.45. The van der Waals surface area contributed by atoms with Gasteiger partial charge in [-0.15, -0.1) is 0 Å². The van der Waals surface area contributed by atoms with Crippen molar-refractivity contribution in [1.82, 2.24) is 9.91 Å². The van der Waals surface area contributed by atoms with Crippen molar-refractivity contribution in [1.29, 1.82) is 0 Å². The first-order valence-corrected chi connectivity index (χ1v) is 8.81. The maximum Gasteiger partial charge on any atom is 0.240 e. The van der Waals surface area contributed by atoms with Gasteiger partial charge in [0.1, 0.15) is 17.2 Å². The van der Waals surface area contributed by atoms with Crippen LogP contribution in [0.2, 0.25) is 0 Å². The highest BCUT2D eigenvalue weighted by Gasteiger charge is 2.41. The Morgan fingerprint density at radius 1 is 1.19 bits per heavy atom. The molecule has 0 saturated heterocycles. The summed E-state index contributed by atoms with van der Waals surface area (Å²) in [6.45, 7) is 6.31. The number of fused-ring (bicyclic) bond motifs is 1. The van der Waals surface area contributed by atoms with Gasteiger partial charge in [-0.3, -0.25) is 9.69 Å². The van der Waals surface area contributed by atoms with Gasteiger partial charge in [-0.1, -0.05) is 24.3 Å². The van der Waals surface area contributed by atoms with Crippen molar-refractivity contribution in [3.8, 4) is 0 Å². The number of hydrogen-bond acceptors (Lipinski definition) is 3. The first-order chi connectivity index (χ1) is 12.7. The molecule has 1 aliphatic rings. The third-order valence-electron chi connectivity index (χ3n) is 4.95. The second-order valence-electron chi connectivity index (χ2n) is 7.24. The smallest absolute Gasteiger partial charge is 0.240 e. The van der Waals surface area contributed by atoms with Crippen molar-refractivity contribution in [3.63, 3.8) is 0 Å². The molecule has 0 aliphatic carbocycles. The Morgan fingerprint density at radius 3 is 2.59 bits per heavy atom. The molecule has 2 aromatic rings. The van der Waals surface area contributed by atoms with E-state index in [2.05, 4.69) is 10.0 Å². The van der Waals surface area contributed by atoms with Gasteiger partial charge in [0.2, 0.25) is 5.91 Å². The van der Waals surface area contributed by atoms with E-state index in [0.717, 1.165) is 35.9 Å². The number of amides is 1. The van der Waals surface area contributed by atoms with Gasteiger partial charge in [0.05, 0.1) is 5.71 Å². The van der Waals surface area contributed by atoms with Gasteiger partial charge in [0.25, 0.3) is 0 Å². The van der Waals surface area contributed by atoms with Gasteiger partial charge >= 0.3 is 0 Å². The van der Waals surface area contributed by atoms with E-state index in [0.29, 0.717) is 6.54 Å². The molecule has 1 amide bonds. The average molecular weight is 371 g/mol. The molecule has 1 atom stereocenters. The molecular weight excluding hydrogens is 348 g/mol. The fourth-order valence-electron chi connectivity index (χ4n) is 3.83. The van der Waals surface area contributed by atoms with E-state index in [4.69, 9.17) is 0 Å². The number of benzene rings is 2. The molecule has 0 radical (unpaired) electrons. The van der Waals surface area contributed by atoms with Crippen LogP contribution >= 0.6 is 0 Å². The second-order valence-corrected chi connectivity index (χ2v) is 7.24. The van der Waals surface area contributed by atoms with Crippen LogP contribution in [0.25, 0.3) is 0 Å². The Labute approximate surface area is 158 Å². The highest BCUT2D eigenvalue weighted by atomic mass is 19.1. The summed E-state index contributed by atoms with van der Waals surface area (Å²) in [5.74, 6) is -1.39. The summed E-state index contributed by atoms with van der Waals surface area (Å²) in [5, 5.41) is 5.83. The third-order valence-corrected chi connectivity index (χ3v) is 4.95. The molecule has 0 N–H and O–H groups in total. The zero-order valence-electron chi connectivity index (χ0n) is 16.0. The van der Waals surface area contributed by atoms with E-state index in [-0.39, 0.29) is 17.2 Å². The van der Waals surface area contributed by atoms with Crippen LogP contribution in [0.4, 0.5) is 8.78 Å². The van der Waals surface area contributed by atoms with Gasteiger partial charge in [0.15, 0.2) is 0 Å². The molecular formula is C21H23F2N3O. The molecule has 0 fully saturated rings. The van der Waals surface area contributed by atoms with Gasteiger partial charge in [-0.25, -0.2) is 13.8 Å². The van der Waals surface area contributed by atoms with E-state index < -0.39 is 17.2 Å². The van der Waals surface area contributed by atoms with Crippen molar-refractivity contribution in [2.45, 2.75) is 32.9 Å². The number of likely N-dealkylation sites (N-methyl/N-ethyl adjacent to an activating group) is 1. The van der Waals surface area contributed by atoms with Gasteiger partial charge in [0, 0.05) is 25.6 Å². The van der Waals surface area contributed by atoms with Crippen molar-refractivity contribution in [2.75, 3.05) is 13.6 Å². The summed E-state index contributed by atoms with van der Waals surface area (Å²) in [4.78, 5) is 14.6. The number of hydrogen-bond donors (Lipinski definition) is 0. The van der Waals surface area contributed by atoms with E-state index in [1.807, 2.05) is 38.2 Å². The SMILES string of the molecule is CC(=O)N(/N=C(\C)c1cc(F)ccc1F)C1(C)CN(C)Cc2ccccc21. The number of hydrazone groups is 1. The molecule has 1 heterocycles. The quantitative estimate of drug-likeness (QED) is 0.606. The lowest BCUT2D eigenvalue weighted by atomic mass is 9.83. The topological polar surface area (TPSA) is 35.9 Å². The van der Waals surface area contributed by atoms with Crippen LogP contribution in [0.3, 0.4) is 0 Å². The molecule has 4 nitrogen and oxygen atoms in total. The van der Waals surface area contributed by atoms with E-state index in [9.17, 15) is 13.6 Å². The third kappa shape index (κ3) is 3.62. The summed E-state index contributed by atoms with van der Waals surface area (Å²) in [6.07, 6.45) is 0. The van der Waals surface area contributed by atoms with Gasteiger partial charge < -0.3 is 0 Å². The number of carbonyl (C=O) groups excluding carboxylic acids is 1. The Balaban J connectivity index is 2.11. The number of rotatable bonds is 3. The lowest BCUT2D eigenvalue weighted by Crippen LogP contribution is -2.53. The Hall–Kier alpha value is -2.60. The molecule has 2 aromatic carbocycles. The molecule has 142 valence electrons. The summed E-state index contributed by atoms with van der Waals surface area (Å²) in [6, 6.07) is 11.1. The van der Waals surface area contributed by atoms with Crippen LogP contribution in [-0.2, 0) is 16.9 Å². The first-order valence-electron chi connectivity index (χ1n) is 8.81. The monoisotopic (exact) mass is 371 g/mol. The van der Waals surface area contributed by atoms with Crippen LogP contribution in [0.15, 0.2) is 47.6 Å². The number of halogens is 2. The molecule has 0 spiro atoms. The standard InChI is InChI=1S/C21H23F2N3O/c1-14(18-11-17(22)9-10-20(18)23)24-26(15(2)27)21(3)13-25(4)12-16-7-5-6-8-19(16)21/h5-11H,12-13H2,1-4H3/b24-14+. The zero-order chi connectivity index (χ0) is 19.8. The minimum absolute atomic E-state index is 0.0438. The first kappa shape index (κ1) is 19.2. The van der Waals surface area contributed by atoms with Crippen molar-refractivity contribution < 1.29 is 13.6 Å². The fourth-order valence-corrected chi connectivity index (χ4v) is 3.83. The van der Waals surface area contributed by atoms with Crippen molar-refractivity contribution in [2.24, 2.45) is 5.10 Å². The average Bonchev–Trinajstić information content (AvgIpc) is 2.61. The fraction of sp³-hybridized carbons (Fsp3) is 0.333. The largest absolute Gasteiger partial charge is 0.299 e. The minimum atomic E-state index is -0.722. The molecule has 3 rings (SSSR count). The number of nitrogens with zero attached hydrogens (tertiary/aromatic N) is 3. The maximum absolute atomic E-state index is 14.2. The highest BCUT2D eigenvalue weighted by Crippen LogP contribution is 2.36. The second kappa shape index (κ2) is 7.19. The summed E-state index contributed by atoms with van der Waals surface area (Å²) < 4.78 is 27.7. The lowest BCUT2D eigenvalue weighted by molar-refractivity contribution is -0.136. The normalized spacial score (nSPS) is 20.3. The highest BCUT2D eigenvalue weighted by molar-refractivity contribution is 5.99. The predicted molar refractivity (Wildman–Crippen MR) is 101 cm³/mol. The van der Waals surface area contributed by atoms with Crippen molar-refractivity contribution >= 4 is 11.6 Å². The Kier molecular flexibility index (Phi) is 5.11. The van der Waals surface area contributed by atoms with Crippen molar-refractivity contribution in [3.05, 3.63) is 70.8 Å². The summed E-state index contributed by atoms with van der Waals surface area (Å²) in [7, 11) is 1.98. The Morgan fingerprint density at radius 2 is 1.89 bits per heavy atom. The van der Waals surface area contributed by atoms with Crippen LogP contribution in [0.1, 0.15) is 37.5 Å². The van der Waals surface area contributed by atoms with Gasteiger partial charge in [-0.2, -0.15) is 5.10 Å². The molecule has 1 unspecified atom stereocenters. The summed E-state index contributed by atoms with van der Waals surface area (Å²) >= 11 is 0. The molecule has 0 saturated carbocycles. The summed E-state index contributed by atoms with van der Waals surface area (Å²) in [5.41, 5.74) is 1.69. The van der Waals surface area contributed by atoms with Crippen LogP contribution in [-0.4, -0.2) is 35.1 Å². The van der Waals surface area contributed by atoms with E-state index in [1.165, 1.54) is 11.9 Å². The van der Waals surface area contributed by atoms with Crippen LogP contribution in [0, 0.1) is 11.6 Å². The molecule has 6 heteroatoms. The minimum Gasteiger partial charge on any atom is -0.299 e. The zero-order valence-corrected chi connectivity index (χ0v) is 16.0. The predicted octanol–water partition coefficient (Wildman–Crippen LogP) is 3.90. The Bertz CT molecular complexity index is 912.